The van der Waals surface area contributed by atoms with Crippen LogP contribution in [0.4, 0.5) is 0 Å². The molecule has 0 radical (unpaired) electrons. The molecule has 1 heterocycles. The van der Waals surface area contributed by atoms with E-state index in [1.54, 1.807) is 12.4 Å². The van der Waals surface area contributed by atoms with Crippen molar-refractivity contribution in [2.75, 3.05) is 0 Å². The SMILES string of the molecule is CCC(N=C(N)c1ccccc1)c1ncc[nH]1. The molecule has 0 saturated heterocycles. The lowest BCUT2D eigenvalue weighted by molar-refractivity contribution is 0.660. The van der Waals surface area contributed by atoms with Crippen LogP contribution in [0.15, 0.2) is 47.7 Å². The van der Waals surface area contributed by atoms with Crippen molar-refractivity contribution in [3.8, 4) is 0 Å². The van der Waals surface area contributed by atoms with Gasteiger partial charge in [-0.3, -0.25) is 4.99 Å². The highest BCUT2D eigenvalue weighted by atomic mass is 15.0. The molecular formula is C13H16N4. The van der Waals surface area contributed by atoms with E-state index >= 15 is 0 Å². The third kappa shape index (κ3) is 2.72. The number of benzene rings is 1. The average molecular weight is 228 g/mol. The molecule has 1 atom stereocenters. The molecule has 0 bridgehead atoms. The lowest BCUT2D eigenvalue weighted by Crippen LogP contribution is -2.15. The zero-order valence-electron chi connectivity index (χ0n) is 9.80. The second-order valence-corrected chi connectivity index (χ2v) is 3.78. The van der Waals surface area contributed by atoms with E-state index in [0.29, 0.717) is 5.84 Å². The molecule has 3 N–H and O–H groups in total. The molecule has 4 heteroatoms. The average Bonchev–Trinajstić information content (AvgIpc) is 2.90. The summed E-state index contributed by atoms with van der Waals surface area (Å²) in [6, 6.07) is 9.75. The van der Waals surface area contributed by atoms with Gasteiger partial charge < -0.3 is 10.7 Å². The summed E-state index contributed by atoms with van der Waals surface area (Å²) in [5, 5.41) is 0. The highest BCUT2D eigenvalue weighted by molar-refractivity contribution is 5.97. The van der Waals surface area contributed by atoms with Gasteiger partial charge in [-0.1, -0.05) is 37.3 Å². The van der Waals surface area contributed by atoms with Crippen molar-refractivity contribution in [3.63, 3.8) is 0 Å². The maximum atomic E-state index is 5.99. The van der Waals surface area contributed by atoms with Crippen LogP contribution in [0.2, 0.25) is 0 Å². The Labute approximate surface area is 101 Å². The van der Waals surface area contributed by atoms with E-state index in [4.69, 9.17) is 5.73 Å². The van der Waals surface area contributed by atoms with Crippen LogP contribution in [-0.4, -0.2) is 15.8 Å². The van der Waals surface area contributed by atoms with Crippen LogP contribution in [0.1, 0.15) is 30.8 Å². The molecule has 88 valence electrons. The Morgan fingerprint density at radius 1 is 1.41 bits per heavy atom. The normalized spacial score (nSPS) is 13.6. The van der Waals surface area contributed by atoms with Crippen LogP contribution in [0, 0.1) is 0 Å². The van der Waals surface area contributed by atoms with Gasteiger partial charge in [0, 0.05) is 18.0 Å². The number of amidine groups is 1. The van der Waals surface area contributed by atoms with Crippen LogP contribution in [-0.2, 0) is 0 Å². The maximum absolute atomic E-state index is 5.99. The molecule has 1 unspecified atom stereocenters. The van der Waals surface area contributed by atoms with Gasteiger partial charge in [-0.25, -0.2) is 4.98 Å². The minimum atomic E-state index is -0.00907. The van der Waals surface area contributed by atoms with E-state index < -0.39 is 0 Å². The first-order chi connectivity index (χ1) is 8.31. The van der Waals surface area contributed by atoms with Crippen molar-refractivity contribution in [2.24, 2.45) is 10.7 Å². The zero-order chi connectivity index (χ0) is 12.1. The fraction of sp³-hybridized carbons (Fsp3) is 0.231. The topological polar surface area (TPSA) is 67.1 Å². The van der Waals surface area contributed by atoms with Crippen LogP contribution in [0.25, 0.3) is 0 Å². The fourth-order valence-corrected chi connectivity index (χ4v) is 1.66. The van der Waals surface area contributed by atoms with Gasteiger partial charge in [0.1, 0.15) is 17.7 Å². The molecular weight excluding hydrogens is 212 g/mol. The predicted octanol–water partition coefficient (Wildman–Crippen LogP) is 2.27. The first kappa shape index (κ1) is 11.4. The summed E-state index contributed by atoms with van der Waals surface area (Å²) < 4.78 is 0. The number of nitrogens with zero attached hydrogens (tertiary/aromatic N) is 2. The third-order valence-electron chi connectivity index (χ3n) is 2.59. The molecule has 2 aromatic rings. The molecule has 1 aromatic heterocycles. The van der Waals surface area contributed by atoms with Gasteiger partial charge in [0.2, 0.25) is 0 Å². The Kier molecular flexibility index (Phi) is 3.55. The Bertz CT molecular complexity index is 473. The Hall–Kier alpha value is -2.10. The van der Waals surface area contributed by atoms with E-state index in [1.807, 2.05) is 30.3 Å². The van der Waals surface area contributed by atoms with Crippen LogP contribution < -0.4 is 5.73 Å². The van der Waals surface area contributed by atoms with Crippen molar-refractivity contribution in [2.45, 2.75) is 19.4 Å². The number of rotatable bonds is 4. The van der Waals surface area contributed by atoms with E-state index in [2.05, 4.69) is 21.9 Å². The molecule has 1 aromatic carbocycles. The summed E-state index contributed by atoms with van der Waals surface area (Å²) in [4.78, 5) is 11.8. The van der Waals surface area contributed by atoms with Crippen molar-refractivity contribution < 1.29 is 0 Å². The lowest BCUT2D eigenvalue weighted by Gasteiger charge is -2.08. The third-order valence-corrected chi connectivity index (χ3v) is 2.59. The number of H-pyrrole nitrogens is 1. The highest BCUT2D eigenvalue weighted by Crippen LogP contribution is 2.17. The molecule has 0 amide bonds. The van der Waals surface area contributed by atoms with Gasteiger partial charge in [-0.2, -0.15) is 0 Å². The minimum Gasteiger partial charge on any atom is -0.383 e. The second-order valence-electron chi connectivity index (χ2n) is 3.78. The van der Waals surface area contributed by atoms with E-state index in [-0.39, 0.29) is 6.04 Å². The van der Waals surface area contributed by atoms with Gasteiger partial charge >= 0.3 is 0 Å². The number of hydrogen-bond acceptors (Lipinski definition) is 2. The highest BCUT2D eigenvalue weighted by Gasteiger charge is 2.10. The summed E-state index contributed by atoms with van der Waals surface area (Å²) in [6.45, 7) is 2.06. The lowest BCUT2D eigenvalue weighted by atomic mass is 10.2. The van der Waals surface area contributed by atoms with E-state index in [9.17, 15) is 0 Å². The van der Waals surface area contributed by atoms with Gasteiger partial charge in [0.25, 0.3) is 0 Å². The van der Waals surface area contributed by atoms with Crippen LogP contribution >= 0.6 is 0 Å². The Morgan fingerprint density at radius 2 is 2.18 bits per heavy atom. The summed E-state index contributed by atoms with van der Waals surface area (Å²) in [5.41, 5.74) is 6.93. The van der Waals surface area contributed by atoms with Crippen molar-refractivity contribution in [3.05, 3.63) is 54.1 Å². The zero-order valence-corrected chi connectivity index (χ0v) is 9.80. The van der Waals surface area contributed by atoms with Crippen LogP contribution in [0.5, 0.6) is 0 Å². The largest absolute Gasteiger partial charge is 0.383 e. The molecule has 0 aliphatic rings. The molecule has 17 heavy (non-hydrogen) atoms. The van der Waals surface area contributed by atoms with Gasteiger partial charge in [0.15, 0.2) is 0 Å². The van der Waals surface area contributed by atoms with Gasteiger partial charge in [-0.05, 0) is 6.42 Å². The van der Waals surface area contributed by atoms with Crippen LogP contribution in [0.3, 0.4) is 0 Å². The van der Waals surface area contributed by atoms with E-state index in [1.165, 1.54) is 0 Å². The summed E-state index contributed by atoms with van der Waals surface area (Å²) in [7, 11) is 0. The quantitative estimate of drug-likeness (QED) is 0.622. The molecule has 0 aliphatic carbocycles. The first-order valence-corrected chi connectivity index (χ1v) is 5.69. The minimum absolute atomic E-state index is 0.00907. The van der Waals surface area contributed by atoms with Crippen molar-refractivity contribution in [1.29, 1.82) is 0 Å². The summed E-state index contributed by atoms with van der Waals surface area (Å²) in [5.74, 6) is 1.40. The van der Waals surface area contributed by atoms with E-state index in [0.717, 1.165) is 17.8 Å². The number of nitrogens with one attached hydrogen (secondary N) is 1. The number of aliphatic imine (C=N–C) groups is 1. The summed E-state index contributed by atoms with van der Waals surface area (Å²) >= 11 is 0. The molecule has 0 fully saturated rings. The second kappa shape index (κ2) is 5.30. The molecule has 4 nitrogen and oxygen atoms in total. The first-order valence-electron chi connectivity index (χ1n) is 5.69. The smallest absolute Gasteiger partial charge is 0.130 e. The maximum Gasteiger partial charge on any atom is 0.130 e. The monoisotopic (exact) mass is 228 g/mol. The fourth-order valence-electron chi connectivity index (χ4n) is 1.66. The molecule has 0 saturated carbocycles. The number of aromatic amines is 1. The summed E-state index contributed by atoms with van der Waals surface area (Å²) in [6.07, 6.45) is 4.39. The Morgan fingerprint density at radius 3 is 2.76 bits per heavy atom. The van der Waals surface area contributed by atoms with Crippen molar-refractivity contribution >= 4 is 5.84 Å². The standard InChI is InChI=1S/C13H16N4/c1-2-11(13-15-8-9-16-13)17-12(14)10-6-4-3-5-7-10/h3-9,11H,2H2,1H3,(H2,14,17)(H,15,16). The van der Waals surface area contributed by atoms with Gasteiger partial charge in [-0.15, -0.1) is 0 Å². The number of nitrogens with two attached hydrogens (primary N) is 1. The number of aromatic nitrogens is 2. The number of imidazole rings is 1. The number of hydrogen-bond donors (Lipinski definition) is 2. The molecule has 0 spiro atoms. The predicted molar refractivity (Wildman–Crippen MR) is 68.8 cm³/mol. The molecule has 0 aliphatic heterocycles. The Balaban J connectivity index is 2.23. The molecule has 2 rings (SSSR count). The van der Waals surface area contributed by atoms with Crippen molar-refractivity contribution in [1.82, 2.24) is 9.97 Å². The van der Waals surface area contributed by atoms with Gasteiger partial charge in [0.05, 0.1) is 0 Å².